The third kappa shape index (κ3) is 3.02. The molecule has 0 aromatic carbocycles. The molecule has 0 bridgehead atoms. The van der Waals surface area contributed by atoms with Gasteiger partial charge in [0, 0.05) is 13.1 Å². The Balaban J connectivity index is 0.000000371. The standard InChI is InChI=1S/C7H13N.C2H6/c1-3-7-4-5-8(2)6-7;1-2/h3H,4-6H2,1-2H3;1-2H3/b7-3-;. The lowest BCUT2D eigenvalue weighted by atomic mass is 10.2. The van der Waals surface area contributed by atoms with Crippen molar-refractivity contribution < 1.29 is 0 Å². The molecule has 1 aliphatic rings. The van der Waals surface area contributed by atoms with Crippen molar-refractivity contribution in [3.8, 4) is 0 Å². The first kappa shape index (κ1) is 9.70. The number of hydrogen-bond acceptors (Lipinski definition) is 1. The fourth-order valence-electron chi connectivity index (χ4n) is 1.07. The van der Waals surface area contributed by atoms with Crippen LogP contribution in [-0.2, 0) is 0 Å². The van der Waals surface area contributed by atoms with Crippen molar-refractivity contribution in [1.29, 1.82) is 0 Å². The molecule has 0 unspecified atom stereocenters. The zero-order chi connectivity index (χ0) is 7.98. The maximum Gasteiger partial charge on any atom is 0.0190 e. The number of likely N-dealkylation sites (N-methyl/N-ethyl adjacent to an activating group) is 1. The molecule has 1 heterocycles. The van der Waals surface area contributed by atoms with Gasteiger partial charge < -0.3 is 4.90 Å². The Morgan fingerprint density at radius 2 is 2.00 bits per heavy atom. The van der Waals surface area contributed by atoms with Gasteiger partial charge in [0.2, 0.25) is 0 Å². The molecule has 1 heteroatoms. The summed E-state index contributed by atoms with van der Waals surface area (Å²) in [4.78, 5) is 2.34. The molecule has 0 amide bonds. The van der Waals surface area contributed by atoms with Gasteiger partial charge in [-0.05, 0) is 20.4 Å². The second-order valence-corrected chi connectivity index (χ2v) is 2.43. The predicted molar refractivity (Wildman–Crippen MR) is 47.2 cm³/mol. The molecule has 0 atom stereocenters. The molecule has 10 heavy (non-hydrogen) atoms. The van der Waals surface area contributed by atoms with Crippen LogP contribution in [-0.4, -0.2) is 25.0 Å². The minimum Gasteiger partial charge on any atom is -0.302 e. The topological polar surface area (TPSA) is 3.24 Å². The Morgan fingerprint density at radius 1 is 1.40 bits per heavy atom. The van der Waals surface area contributed by atoms with E-state index < -0.39 is 0 Å². The van der Waals surface area contributed by atoms with Crippen molar-refractivity contribution in [3.05, 3.63) is 11.6 Å². The Labute approximate surface area is 64.7 Å². The zero-order valence-corrected chi connectivity index (χ0v) is 7.65. The molecule has 60 valence electrons. The molecule has 1 saturated heterocycles. The van der Waals surface area contributed by atoms with E-state index in [2.05, 4.69) is 24.9 Å². The van der Waals surface area contributed by atoms with Crippen LogP contribution in [0.3, 0.4) is 0 Å². The summed E-state index contributed by atoms with van der Waals surface area (Å²) in [7, 11) is 2.16. The van der Waals surface area contributed by atoms with Crippen molar-refractivity contribution in [1.82, 2.24) is 4.90 Å². The lowest BCUT2D eigenvalue weighted by molar-refractivity contribution is 0.425. The number of hydrogen-bond donors (Lipinski definition) is 0. The molecule has 0 aliphatic carbocycles. The van der Waals surface area contributed by atoms with Crippen molar-refractivity contribution in [2.45, 2.75) is 27.2 Å². The third-order valence-electron chi connectivity index (χ3n) is 1.70. The van der Waals surface area contributed by atoms with Gasteiger partial charge in [0.05, 0.1) is 0 Å². The predicted octanol–water partition coefficient (Wildman–Crippen LogP) is 2.29. The van der Waals surface area contributed by atoms with Gasteiger partial charge in [-0.3, -0.25) is 0 Å². The van der Waals surface area contributed by atoms with Gasteiger partial charge in [0.15, 0.2) is 0 Å². The van der Waals surface area contributed by atoms with Crippen LogP contribution in [0.25, 0.3) is 0 Å². The maximum absolute atomic E-state index is 2.34. The minimum absolute atomic E-state index is 1.19. The van der Waals surface area contributed by atoms with E-state index in [1.54, 1.807) is 5.57 Å². The first-order valence-corrected chi connectivity index (χ1v) is 4.15. The molecule has 0 aromatic rings. The average Bonchev–Trinajstić information content (AvgIpc) is 2.40. The molecule has 1 nitrogen and oxygen atoms in total. The second-order valence-electron chi connectivity index (χ2n) is 2.43. The smallest absolute Gasteiger partial charge is 0.0190 e. The zero-order valence-electron chi connectivity index (χ0n) is 7.65. The van der Waals surface area contributed by atoms with Crippen molar-refractivity contribution in [3.63, 3.8) is 0 Å². The Morgan fingerprint density at radius 3 is 2.20 bits per heavy atom. The fraction of sp³-hybridized carbons (Fsp3) is 0.778. The van der Waals surface area contributed by atoms with Gasteiger partial charge in [-0.2, -0.15) is 0 Å². The number of likely N-dealkylation sites (tertiary alicyclic amines) is 1. The summed E-state index contributed by atoms with van der Waals surface area (Å²) >= 11 is 0. The van der Waals surface area contributed by atoms with E-state index in [1.165, 1.54) is 19.5 Å². The van der Waals surface area contributed by atoms with Crippen LogP contribution in [0.1, 0.15) is 27.2 Å². The van der Waals surface area contributed by atoms with Gasteiger partial charge in [0.25, 0.3) is 0 Å². The molecular weight excluding hydrogens is 122 g/mol. The Hall–Kier alpha value is -0.300. The number of rotatable bonds is 0. The molecule has 0 aromatic heterocycles. The first-order valence-electron chi connectivity index (χ1n) is 4.15. The van der Waals surface area contributed by atoms with E-state index in [1.807, 2.05) is 13.8 Å². The highest BCUT2D eigenvalue weighted by atomic mass is 15.1. The summed E-state index contributed by atoms with van der Waals surface area (Å²) in [5.41, 5.74) is 1.59. The van der Waals surface area contributed by atoms with Gasteiger partial charge in [-0.1, -0.05) is 25.5 Å². The molecule has 1 fully saturated rings. The van der Waals surface area contributed by atoms with Crippen molar-refractivity contribution in [2.75, 3.05) is 20.1 Å². The minimum atomic E-state index is 1.19. The lowest BCUT2D eigenvalue weighted by Crippen LogP contribution is -2.11. The monoisotopic (exact) mass is 141 g/mol. The summed E-state index contributed by atoms with van der Waals surface area (Å²) in [5.74, 6) is 0. The van der Waals surface area contributed by atoms with Crippen LogP contribution in [0.5, 0.6) is 0 Å². The highest BCUT2D eigenvalue weighted by molar-refractivity contribution is 5.07. The van der Waals surface area contributed by atoms with Gasteiger partial charge in [-0.15, -0.1) is 0 Å². The van der Waals surface area contributed by atoms with E-state index in [0.717, 1.165) is 0 Å². The van der Waals surface area contributed by atoms with E-state index in [0.29, 0.717) is 0 Å². The van der Waals surface area contributed by atoms with Gasteiger partial charge in [0.1, 0.15) is 0 Å². The van der Waals surface area contributed by atoms with Crippen molar-refractivity contribution >= 4 is 0 Å². The van der Waals surface area contributed by atoms with E-state index >= 15 is 0 Å². The largest absolute Gasteiger partial charge is 0.302 e. The lowest BCUT2D eigenvalue weighted by Gasteiger charge is -2.01. The van der Waals surface area contributed by atoms with Gasteiger partial charge in [-0.25, -0.2) is 0 Å². The Kier molecular flexibility index (Phi) is 5.32. The number of allylic oxidation sites excluding steroid dienone is 1. The molecule has 0 radical (unpaired) electrons. The van der Waals surface area contributed by atoms with E-state index in [9.17, 15) is 0 Å². The molecule has 1 aliphatic heterocycles. The molecule has 0 N–H and O–H groups in total. The van der Waals surface area contributed by atoms with Crippen molar-refractivity contribution in [2.24, 2.45) is 0 Å². The highest BCUT2D eigenvalue weighted by Gasteiger charge is 2.09. The summed E-state index contributed by atoms with van der Waals surface area (Å²) in [6.07, 6.45) is 3.51. The fourth-order valence-corrected chi connectivity index (χ4v) is 1.07. The quantitative estimate of drug-likeness (QED) is 0.468. The Bertz CT molecular complexity index is 105. The molecule has 0 saturated carbocycles. The summed E-state index contributed by atoms with van der Waals surface area (Å²) in [6.45, 7) is 8.56. The molecule has 0 spiro atoms. The van der Waals surface area contributed by atoms with Crippen LogP contribution >= 0.6 is 0 Å². The average molecular weight is 141 g/mol. The van der Waals surface area contributed by atoms with Crippen LogP contribution < -0.4 is 0 Å². The normalized spacial score (nSPS) is 22.6. The van der Waals surface area contributed by atoms with Crippen LogP contribution in [0.2, 0.25) is 0 Å². The number of nitrogens with zero attached hydrogens (tertiary/aromatic N) is 1. The maximum atomic E-state index is 2.34. The van der Waals surface area contributed by atoms with Crippen LogP contribution in [0.15, 0.2) is 11.6 Å². The molecular formula is C9H19N. The van der Waals surface area contributed by atoms with Crippen LogP contribution in [0, 0.1) is 0 Å². The van der Waals surface area contributed by atoms with E-state index in [-0.39, 0.29) is 0 Å². The first-order chi connectivity index (χ1) is 4.83. The highest BCUT2D eigenvalue weighted by Crippen LogP contribution is 2.11. The molecule has 1 rings (SSSR count). The van der Waals surface area contributed by atoms with E-state index in [4.69, 9.17) is 0 Å². The van der Waals surface area contributed by atoms with Gasteiger partial charge >= 0.3 is 0 Å². The summed E-state index contributed by atoms with van der Waals surface area (Å²) < 4.78 is 0. The second kappa shape index (κ2) is 5.48. The van der Waals surface area contributed by atoms with Crippen LogP contribution in [0.4, 0.5) is 0 Å². The SMILES string of the molecule is C/C=C1/CCN(C)C1.CC. The summed E-state index contributed by atoms with van der Waals surface area (Å²) in [6, 6.07) is 0. The summed E-state index contributed by atoms with van der Waals surface area (Å²) in [5, 5.41) is 0. The third-order valence-corrected chi connectivity index (χ3v) is 1.70.